The van der Waals surface area contributed by atoms with Crippen molar-refractivity contribution in [3.05, 3.63) is 102 Å². The Bertz CT molecular complexity index is 1240. The maximum Gasteiger partial charge on any atom is 0.251 e. The van der Waals surface area contributed by atoms with Crippen LogP contribution in [0.15, 0.2) is 85.3 Å². The van der Waals surface area contributed by atoms with E-state index in [0.717, 1.165) is 33.7 Å². The number of hydrogen-bond acceptors (Lipinski definition) is 4. The summed E-state index contributed by atoms with van der Waals surface area (Å²) in [4.78, 5) is 21.0. The Morgan fingerprint density at radius 1 is 0.969 bits per heavy atom. The number of amides is 1. The second-order valence-corrected chi connectivity index (χ2v) is 7.65. The van der Waals surface area contributed by atoms with Crippen molar-refractivity contribution in [1.82, 2.24) is 15.3 Å². The van der Waals surface area contributed by atoms with Crippen LogP contribution in [0.4, 0.5) is 4.39 Å². The number of ether oxygens (including phenoxy) is 1. The van der Waals surface area contributed by atoms with Crippen LogP contribution >= 0.6 is 0 Å². The van der Waals surface area contributed by atoms with Crippen molar-refractivity contribution in [2.75, 3.05) is 6.54 Å². The van der Waals surface area contributed by atoms with Crippen LogP contribution in [0.3, 0.4) is 0 Å². The van der Waals surface area contributed by atoms with E-state index < -0.39 is 0 Å². The molecular weight excluding hydrogens is 405 g/mol. The molecule has 4 aromatic rings. The number of carbonyl (C=O) groups is 1. The fraction of sp³-hybridized carbons (Fsp3) is 0.115. The highest BCUT2D eigenvalue weighted by Crippen LogP contribution is 2.32. The highest BCUT2D eigenvalue weighted by molar-refractivity contribution is 5.94. The Morgan fingerprint density at radius 2 is 1.69 bits per heavy atom. The molecule has 1 atom stereocenters. The van der Waals surface area contributed by atoms with Crippen LogP contribution in [0.25, 0.3) is 22.4 Å². The first-order valence-corrected chi connectivity index (χ1v) is 10.4. The van der Waals surface area contributed by atoms with Crippen molar-refractivity contribution in [1.29, 1.82) is 0 Å². The summed E-state index contributed by atoms with van der Waals surface area (Å²) in [6, 6.07) is 19.5. The second-order valence-electron chi connectivity index (χ2n) is 7.65. The van der Waals surface area contributed by atoms with Crippen LogP contribution in [-0.4, -0.2) is 28.5 Å². The zero-order valence-electron chi connectivity index (χ0n) is 17.2. The molecule has 0 saturated carbocycles. The lowest BCUT2D eigenvalue weighted by molar-refractivity contribution is 0.0933. The Hall–Kier alpha value is -4.06. The third-order valence-corrected chi connectivity index (χ3v) is 5.48. The lowest BCUT2D eigenvalue weighted by Gasteiger charge is -2.12. The standard InChI is InChI=1S/C26H20FN3O2/c27-22-8-5-18(6-9-22)17-1-3-19(4-2-17)26(31)30-15-23-14-21-13-20(7-10-25(21)32-23)24-16-28-11-12-29-24/h1-13,16,23H,14-15H2,(H,30,31)/t23-/m1/s1. The molecule has 1 N–H and O–H groups in total. The number of aromatic nitrogens is 2. The van der Waals surface area contributed by atoms with Gasteiger partial charge in [0.2, 0.25) is 0 Å². The Kier molecular flexibility index (Phi) is 5.34. The molecule has 5 rings (SSSR count). The van der Waals surface area contributed by atoms with E-state index >= 15 is 0 Å². The molecule has 1 aliphatic rings. The topological polar surface area (TPSA) is 64.1 Å². The third-order valence-electron chi connectivity index (χ3n) is 5.48. The molecule has 3 aromatic carbocycles. The number of rotatable bonds is 5. The van der Waals surface area contributed by atoms with Gasteiger partial charge in [-0.05, 0) is 59.2 Å². The van der Waals surface area contributed by atoms with Gasteiger partial charge in [-0.15, -0.1) is 0 Å². The van der Waals surface area contributed by atoms with E-state index in [1.54, 1.807) is 42.9 Å². The number of halogens is 1. The van der Waals surface area contributed by atoms with Crippen LogP contribution in [0, 0.1) is 5.82 Å². The minimum atomic E-state index is -0.272. The summed E-state index contributed by atoms with van der Waals surface area (Å²) < 4.78 is 19.1. The van der Waals surface area contributed by atoms with E-state index in [9.17, 15) is 9.18 Å². The summed E-state index contributed by atoms with van der Waals surface area (Å²) >= 11 is 0. The fourth-order valence-electron chi connectivity index (χ4n) is 3.81. The SMILES string of the molecule is O=C(NC[C@H]1Cc2cc(-c3cnccn3)ccc2O1)c1ccc(-c2ccc(F)cc2)cc1. The Labute approximate surface area is 184 Å². The Morgan fingerprint density at radius 3 is 2.41 bits per heavy atom. The summed E-state index contributed by atoms with van der Waals surface area (Å²) in [5, 5.41) is 2.95. The maximum absolute atomic E-state index is 13.1. The number of fused-ring (bicyclic) bond motifs is 1. The zero-order valence-corrected chi connectivity index (χ0v) is 17.2. The molecular formula is C26H20FN3O2. The summed E-state index contributed by atoms with van der Waals surface area (Å²) in [6.45, 7) is 0.410. The van der Waals surface area contributed by atoms with Crippen molar-refractivity contribution in [2.45, 2.75) is 12.5 Å². The molecule has 158 valence electrons. The predicted octanol–water partition coefficient (Wildman–Crippen LogP) is 4.68. The highest BCUT2D eigenvalue weighted by atomic mass is 19.1. The number of carbonyl (C=O) groups excluding carboxylic acids is 1. The lowest BCUT2D eigenvalue weighted by atomic mass is 10.0. The van der Waals surface area contributed by atoms with Crippen LogP contribution in [-0.2, 0) is 6.42 Å². The van der Waals surface area contributed by atoms with Crippen molar-refractivity contribution >= 4 is 5.91 Å². The third kappa shape index (κ3) is 4.21. The second kappa shape index (κ2) is 8.59. The molecule has 5 nitrogen and oxygen atoms in total. The molecule has 32 heavy (non-hydrogen) atoms. The number of nitrogens with one attached hydrogen (secondary N) is 1. The summed E-state index contributed by atoms with van der Waals surface area (Å²) in [5.74, 6) is 0.405. The molecule has 0 spiro atoms. The molecule has 0 radical (unpaired) electrons. The molecule has 1 aromatic heterocycles. The first-order valence-electron chi connectivity index (χ1n) is 10.4. The number of benzene rings is 3. The molecule has 6 heteroatoms. The summed E-state index contributed by atoms with van der Waals surface area (Å²) in [5.41, 5.74) is 5.29. The van der Waals surface area contributed by atoms with Gasteiger partial charge in [-0.1, -0.05) is 24.3 Å². The molecule has 0 unspecified atom stereocenters. The molecule has 0 saturated heterocycles. The Balaban J connectivity index is 1.19. The van der Waals surface area contributed by atoms with Gasteiger partial charge < -0.3 is 10.1 Å². The molecule has 2 heterocycles. The zero-order chi connectivity index (χ0) is 21.9. The van der Waals surface area contributed by atoms with E-state index in [1.165, 1.54) is 12.1 Å². The summed E-state index contributed by atoms with van der Waals surface area (Å²) in [7, 11) is 0. The normalized spacial score (nSPS) is 14.5. The van der Waals surface area contributed by atoms with Crippen molar-refractivity contribution < 1.29 is 13.9 Å². The van der Waals surface area contributed by atoms with Crippen LogP contribution in [0.2, 0.25) is 0 Å². The molecule has 0 fully saturated rings. The smallest absolute Gasteiger partial charge is 0.251 e. The molecule has 1 aliphatic heterocycles. The van der Waals surface area contributed by atoms with Gasteiger partial charge in [-0.25, -0.2) is 4.39 Å². The highest BCUT2D eigenvalue weighted by Gasteiger charge is 2.24. The molecule has 0 bridgehead atoms. The minimum Gasteiger partial charge on any atom is -0.488 e. The van der Waals surface area contributed by atoms with E-state index in [-0.39, 0.29) is 17.8 Å². The summed E-state index contributed by atoms with van der Waals surface area (Å²) in [6.07, 6.45) is 5.65. The van der Waals surface area contributed by atoms with E-state index in [4.69, 9.17) is 4.74 Å². The monoisotopic (exact) mass is 425 g/mol. The van der Waals surface area contributed by atoms with E-state index in [0.29, 0.717) is 18.5 Å². The van der Waals surface area contributed by atoms with Gasteiger partial charge in [0.25, 0.3) is 5.91 Å². The minimum absolute atomic E-state index is 0.121. The van der Waals surface area contributed by atoms with Gasteiger partial charge in [0, 0.05) is 29.9 Å². The van der Waals surface area contributed by atoms with Crippen molar-refractivity contribution in [3.8, 4) is 28.1 Å². The lowest BCUT2D eigenvalue weighted by Crippen LogP contribution is -2.34. The quantitative estimate of drug-likeness (QED) is 0.504. The van der Waals surface area contributed by atoms with Gasteiger partial charge in [0.15, 0.2) is 0 Å². The van der Waals surface area contributed by atoms with Gasteiger partial charge in [0.1, 0.15) is 17.7 Å². The first-order chi connectivity index (χ1) is 15.7. The van der Waals surface area contributed by atoms with E-state index in [1.807, 2.05) is 24.3 Å². The van der Waals surface area contributed by atoms with Crippen LogP contribution in [0.1, 0.15) is 15.9 Å². The molecule has 0 aliphatic carbocycles. The van der Waals surface area contributed by atoms with Gasteiger partial charge in [-0.3, -0.25) is 14.8 Å². The van der Waals surface area contributed by atoms with Gasteiger partial charge in [-0.2, -0.15) is 0 Å². The number of nitrogens with zero attached hydrogens (tertiary/aromatic N) is 2. The van der Waals surface area contributed by atoms with E-state index in [2.05, 4.69) is 21.4 Å². The van der Waals surface area contributed by atoms with Crippen molar-refractivity contribution in [3.63, 3.8) is 0 Å². The van der Waals surface area contributed by atoms with Crippen molar-refractivity contribution in [2.24, 2.45) is 0 Å². The van der Waals surface area contributed by atoms with Crippen LogP contribution in [0.5, 0.6) is 5.75 Å². The number of hydrogen-bond donors (Lipinski definition) is 1. The van der Waals surface area contributed by atoms with Crippen LogP contribution < -0.4 is 10.1 Å². The van der Waals surface area contributed by atoms with Gasteiger partial charge >= 0.3 is 0 Å². The maximum atomic E-state index is 13.1. The average Bonchev–Trinajstić information content (AvgIpc) is 3.26. The average molecular weight is 425 g/mol. The van der Waals surface area contributed by atoms with Gasteiger partial charge in [0.05, 0.1) is 18.4 Å². The predicted molar refractivity (Wildman–Crippen MR) is 120 cm³/mol. The molecule has 1 amide bonds. The first kappa shape index (κ1) is 19.9. The largest absolute Gasteiger partial charge is 0.488 e. The fourth-order valence-corrected chi connectivity index (χ4v) is 3.81.